The molecule has 1 aliphatic heterocycles. The summed E-state index contributed by atoms with van der Waals surface area (Å²) in [6.45, 7) is 2.86. The number of pyridine rings is 1. The van der Waals surface area contributed by atoms with Crippen molar-refractivity contribution in [2.45, 2.75) is 19.9 Å². The van der Waals surface area contributed by atoms with Gasteiger partial charge in [-0.2, -0.15) is 4.57 Å². The van der Waals surface area contributed by atoms with Crippen molar-refractivity contribution in [1.29, 1.82) is 0 Å². The highest BCUT2D eigenvalue weighted by Gasteiger charge is 2.29. The minimum atomic E-state index is -0.0981. The predicted octanol–water partition coefficient (Wildman–Crippen LogP) is 0.0912. The van der Waals surface area contributed by atoms with Gasteiger partial charge in [0, 0.05) is 17.4 Å². The van der Waals surface area contributed by atoms with E-state index in [1.165, 1.54) is 0 Å². The molecule has 3 aromatic rings. The van der Waals surface area contributed by atoms with E-state index >= 15 is 0 Å². The van der Waals surface area contributed by atoms with Crippen molar-refractivity contribution in [2.75, 3.05) is 14.2 Å². The maximum Gasteiger partial charge on any atom is 0.216 e. The summed E-state index contributed by atoms with van der Waals surface area (Å²) in [5.41, 5.74) is 4.15. The second kappa shape index (κ2) is 6.57. The lowest BCUT2D eigenvalue weighted by Gasteiger charge is -2.19. The summed E-state index contributed by atoms with van der Waals surface area (Å²) in [6, 6.07) is 7.24. The normalized spacial score (nSPS) is 12.1. The predicted molar refractivity (Wildman–Crippen MR) is 94.5 cm³/mol. The fourth-order valence-electron chi connectivity index (χ4n) is 3.79. The zero-order chi connectivity index (χ0) is 17.7. The van der Waals surface area contributed by atoms with Crippen LogP contribution in [-0.4, -0.2) is 24.4 Å². The number of methoxy groups -OCH3 is 2. The Morgan fingerprint density at radius 3 is 2.42 bits per heavy atom. The third-order valence-corrected chi connectivity index (χ3v) is 4.99. The van der Waals surface area contributed by atoms with Crippen LogP contribution in [0.1, 0.15) is 11.1 Å². The molecule has 0 spiro atoms. The number of nitrogens with zero attached hydrogens (tertiary/aromatic N) is 1. The first-order valence-corrected chi connectivity index (χ1v) is 8.18. The summed E-state index contributed by atoms with van der Waals surface area (Å²) in [5.74, 6) is 1.25. The summed E-state index contributed by atoms with van der Waals surface area (Å²) in [7, 11) is 3.28. The van der Waals surface area contributed by atoms with Crippen LogP contribution in [0.5, 0.6) is 23.0 Å². The van der Waals surface area contributed by atoms with Gasteiger partial charge in [-0.1, -0.05) is 0 Å². The molecule has 0 saturated heterocycles. The third-order valence-electron chi connectivity index (χ3n) is 4.99. The molecule has 0 aliphatic carbocycles. The van der Waals surface area contributed by atoms with Crippen LogP contribution in [0, 0.1) is 6.92 Å². The van der Waals surface area contributed by atoms with Crippen molar-refractivity contribution in [3.8, 4) is 34.3 Å². The average Bonchev–Trinajstić information content (AvgIpc) is 2.61. The van der Waals surface area contributed by atoms with Crippen molar-refractivity contribution in [3.63, 3.8) is 0 Å². The molecule has 0 amide bonds. The van der Waals surface area contributed by atoms with Gasteiger partial charge in [0.1, 0.15) is 0 Å². The van der Waals surface area contributed by atoms with Crippen LogP contribution in [0.4, 0.5) is 0 Å². The summed E-state index contributed by atoms with van der Waals surface area (Å²) >= 11 is 0. The lowest BCUT2D eigenvalue weighted by Crippen LogP contribution is -3.00. The Bertz CT molecular complexity index is 1020. The lowest BCUT2D eigenvalue weighted by molar-refractivity contribution is -0.686. The molecule has 0 bridgehead atoms. The van der Waals surface area contributed by atoms with Crippen LogP contribution >= 0.6 is 0 Å². The topological polar surface area (TPSA) is 62.8 Å². The lowest BCUT2D eigenvalue weighted by atomic mass is 9.92. The van der Waals surface area contributed by atoms with E-state index in [0.717, 1.165) is 51.9 Å². The number of hydrogen-bond acceptors (Lipinski definition) is 4. The number of benzene rings is 2. The molecule has 0 radical (unpaired) electrons. The number of aryl methyl sites for hydroxylation is 3. The smallest absolute Gasteiger partial charge is 0.216 e. The number of phenols is 2. The first-order valence-electron chi connectivity index (χ1n) is 8.18. The van der Waals surface area contributed by atoms with E-state index in [-0.39, 0.29) is 23.9 Å². The highest BCUT2D eigenvalue weighted by molar-refractivity contribution is 5.94. The number of rotatable bonds is 2. The second-order valence-corrected chi connectivity index (χ2v) is 6.31. The Balaban J connectivity index is 0.00000196. The fraction of sp³-hybridized carbons (Fsp3) is 0.250. The van der Waals surface area contributed by atoms with Gasteiger partial charge >= 0.3 is 0 Å². The van der Waals surface area contributed by atoms with Crippen LogP contribution in [0.25, 0.3) is 22.0 Å². The SMILES string of the molecule is COc1ccc2c(C)c3[n+](cc2c1OC)CCc1cc(O)c(O)cc1-3.[Cl-]. The van der Waals surface area contributed by atoms with Gasteiger partial charge in [-0.25, -0.2) is 0 Å². The van der Waals surface area contributed by atoms with Crippen LogP contribution in [0.15, 0.2) is 30.5 Å². The molecule has 5 nitrogen and oxygen atoms in total. The number of ether oxygens (including phenoxy) is 2. The molecule has 2 N–H and O–H groups in total. The summed E-state index contributed by atoms with van der Waals surface area (Å²) in [5, 5.41) is 21.8. The molecule has 1 aliphatic rings. The number of hydrogen-bond donors (Lipinski definition) is 2. The van der Waals surface area contributed by atoms with E-state index in [0.29, 0.717) is 5.75 Å². The first kappa shape index (κ1) is 18.1. The zero-order valence-corrected chi connectivity index (χ0v) is 15.6. The molecule has 0 atom stereocenters. The minimum Gasteiger partial charge on any atom is -1.00 e. The summed E-state index contributed by atoms with van der Waals surface area (Å²) < 4.78 is 13.2. The van der Waals surface area contributed by atoms with Crippen LogP contribution < -0.4 is 26.4 Å². The Hall–Kier alpha value is -2.66. The Morgan fingerprint density at radius 1 is 1.00 bits per heavy atom. The van der Waals surface area contributed by atoms with Crippen LogP contribution in [0.2, 0.25) is 0 Å². The van der Waals surface area contributed by atoms with Crippen molar-refractivity contribution >= 4 is 10.8 Å². The molecule has 136 valence electrons. The zero-order valence-electron chi connectivity index (χ0n) is 14.8. The molecule has 0 saturated carbocycles. The van der Waals surface area contributed by atoms with Gasteiger partial charge in [0.05, 0.1) is 25.2 Å². The molecule has 4 rings (SSSR count). The molecule has 0 unspecified atom stereocenters. The number of phenolic OH excluding ortho intramolecular Hbond substituents is 2. The van der Waals surface area contributed by atoms with Crippen molar-refractivity contribution in [2.24, 2.45) is 0 Å². The third kappa shape index (κ3) is 2.51. The number of aromatic hydroxyl groups is 2. The highest BCUT2D eigenvalue weighted by atomic mass is 35.5. The number of fused-ring (bicyclic) bond motifs is 4. The van der Waals surface area contributed by atoms with E-state index in [1.54, 1.807) is 26.4 Å². The number of aromatic nitrogens is 1. The summed E-state index contributed by atoms with van der Waals surface area (Å²) in [4.78, 5) is 0. The summed E-state index contributed by atoms with van der Waals surface area (Å²) in [6.07, 6.45) is 2.87. The monoisotopic (exact) mass is 373 g/mol. The van der Waals surface area contributed by atoms with Gasteiger partial charge in [0.2, 0.25) is 5.69 Å². The van der Waals surface area contributed by atoms with E-state index in [2.05, 4.69) is 17.7 Å². The molecule has 2 heterocycles. The fourth-order valence-corrected chi connectivity index (χ4v) is 3.79. The largest absolute Gasteiger partial charge is 1.00 e. The highest BCUT2D eigenvalue weighted by Crippen LogP contribution is 2.41. The van der Waals surface area contributed by atoms with Gasteiger partial charge in [0.15, 0.2) is 35.7 Å². The van der Waals surface area contributed by atoms with E-state index in [9.17, 15) is 10.2 Å². The molecule has 6 heteroatoms. The van der Waals surface area contributed by atoms with Crippen LogP contribution in [-0.2, 0) is 13.0 Å². The van der Waals surface area contributed by atoms with Gasteiger partial charge in [-0.05, 0) is 36.8 Å². The van der Waals surface area contributed by atoms with Crippen molar-refractivity contribution in [1.82, 2.24) is 0 Å². The quantitative estimate of drug-likeness (QED) is 0.494. The first-order chi connectivity index (χ1) is 12.0. The second-order valence-electron chi connectivity index (χ2n) is 6.31. The Morgan fingerprint density at radius 2 is 1.73 bits per heavy atom. The minimum absolute atomic E-state index is 0. The molecule has 0 fully saturated rings. The Labute approximate surface area is 157 Å². The van der Waals surface area contributed by atoms with E-state index in [1.807, 2.05) is 12.1 Å². The van der Waals surface area contributed by atoms with Gasteiger partial charge in [-0.3, -0.25) is 0 Å². The van der Waals surface area contributed by atoms with E-state index < -0.39 is 0 Å². The molecular formula is C20H20ClNO4. The molecule has 2 aromatic carbocycles. The molecule has 1 aromatic heterocycles. The average molecular weight is 374 g/mol. The molecular weight excluding hydrogens is 354 g/mol. The van der Waals surface area contributed by atoms with Crippen molar-refractivity contribution in [3.05, 3.63) is 41.6 Å². The van der Waals surface area contributed by atoms with Gasteiger partial charge in [-0.15, -0.1) is 0 Å². The van der Waals surface area contributed by atoms with Crippen molar-refractivity contribution < 1.29 is 36.7 Å². The van der Waals surface area contributed by atoms with Gasteiger partial charge in [0.25, 0.3) is 0 Å². The van der Waals surface area contributed by atoms with Gasteiger partial charge < -0.3 is 32.1 Å². The Kier molecular flexibility index (Phi) is 4.59. The van der Waals surface area contributed by atoms with Crippen LogP contribution in [0.3, 0.4) is 0 Å². The maximum absolute atomic E-state index is 9.96. The standard InChI is InChI=1S/C20H19NO4.ClH/c1-11-13-4-5-18(24-2)20(25-3)15(13)10-21-7-6-12-8-16(22)17(23)9-14(12)19(11)21;/h4-5,8-10,23H,6-7H2,1-3H3;1H. The number of halogens is 1. The maximum atomic E-state index is 9.96. The van der Waals surface area contributed by atoms with E-state index in [4.69, 9.17) is 9.47 Å². The molecule has 26 heavy (non-hydrogen) atoms.